The van der Waals surface area contributed by atoms with Crippen LogP contribution < -0.4 is 5.32 Å². The molecule has 0 aromatic heterocycles. The van der Waals surface area contributed by atoms with Crippen LogP contribution in [0.1, 0.15) is 130 Å². The number of likely N-dealkylation sites (tertiary alicyclic amines) is 1. The van der Waals surface area contributed by atoms with Crippen molar-refractivity contribution < 1.29 is 143 Å². The number of allylic oxidation sites excluding steroid dienone is 2. The van der Waals surface area contributed by atoms with Crippen LogP contribution in [0, 0.1) is 35.0 Å². The van der Waals surface area contributed by atoms with Crippen LogP contribution in [0.4, 0.5) is 0 Å². The maximum Gasteiger partial charge on any atom is 0.253 e. The highest BCUT2D eigenvalue weighted by Gasteiger charge is 2.62. The number of rotatable bonds is 86. The fourth-order valence-electron chi connectivity index (χ4n) is 17.6. The number of imide groups is 1. The van der Waals surface area contributed by atoms with E-state index in [2.05, 4.69) is 44.0 Å². The van der Waals surface area contributed by atoms with Crippen molar-refractivity contribution in [3.05, 3.63) is 34.9 Å². The zero-order chi connectivity index (χ0) is 88.4. The molecular weight excluding hydrogens is 1630 g/mol. The molecule has 1 unspecified atom stereocenters. The second kappa shape index (κ2) is 70.2. The number of nitrogens with one attached hydrogen (secondary N) is 1. The molecule has 7 rings (SSSR count). The minimum Gasteiger partial charge on any atom is -0.393 e. The van der Waals surface area contributed by atoms with E-state index in [0.29, 0.717) is 372 Å². The van der Waals surface area contributed by atoms with Gasteiger partial charge in [0.05, 0.1) is 335 Å². The quantitative estimate of drug-likeness (QED) is 0.0357. The Morgan fingerprint density at radius 2 is 0.784 bits per heavy atom. The third-order valence-electron chi connectivity index (χ3n) is 24.1. The van der Waals surface area contributed by atoms with E-state index in [1.165, 1.54) is 70.1 Å². The number of amides is 3. The van der Waals surface area contributed by atoms with Crippen LogP contribution in [0.15, 0.2) is 34.9 Å². The molecule has 4 fully saturated rings. The van der Waals surface area contributed by atoms with E-state index in [1.807, 2.05) is 0 Å². The third-order valence-corrected chi connectivity index (χ3v) is 24.1. The van der Waals surface area contributed by atoms with Crippen LogP contribution in [0.5, 0.6) is 0 Å². The number of ketones is 1. The maximum atomic E-state index is 12.6. The molecule has 2 saturated heterocycles. The average Bonchev–Trinajstić information content (AvgIpc) is 1.54. The standard InChI is InChI=1S/C92H161N3O30/c1-76-72-86-90(78(3)92(125-86)20-16-82-83-12-11-79-73-81(97)15-19-91(79,4)85(83)74-84(82)77(92)2)94(75-76)22-9-7-5-6-8-10-80(96)18-24-101-26-28-103-30-32-105-34-36-107-38-40-109-42-44-111-46-48-113-50-52-115-54-56-117-58-60-119-62-64-121-66-68-123-70-71-124-69-67-122-65-63-120-61-59-118-57-55-116-53-51-114-49-47-112-45-43-110-41-39-108-37-35-106-33-31-104-29-27-102-25-21-93-87(98)17-23-95-88(99)13-14-89(95)100/h11,13-14,76,78,81-83,85-86,90,97H,5-10,12,15-75H2,1-4H3,(H,93,98)/t76-,78+,81-,82-,83-,85+,86+,90?,91-,92-/m0/s1. The van der Waals surface area contributed by atoms with Crippen LogP contribution in [0.25, 0.3) is 0 Å². The lowest BCUT2D eigenvalue weighted by Crippen LogP contribution is -2.52. The number of Topliss-reactive ketones (excluding diaryl/α,β-unsaturated/α-hetero) is 1. The molecule has 2 N–H and O–H groups in total. The number of carbonyl (C=O) groups is 4. The lowest BCUT2D eigenvalue weighted by Gasteiger charge is -2.49. The van der Waals surface area contributed by atoms with Crippen molar-refractivity contribution in [2.24, 2.45) is 35.0 Å². The van der Waals surface area contributed by atoms with Crippen LogP contribution in [0.3, 0.4) is 0 Å². The number of ether oxygens (including phenoxy) is 25. The third kappa shape index (κ3) is 45.6. The minimum absolute atomic E-state index is 0.0433. The largest absolute Gasteiger partial charge is 0.393 e. The molecule has 2 saturated carbocycles. The van der Waals surface area contributed by atoms with Gasteiger partial charge in [-0.15, -0.1) is 0 Å². The van der Waals surface area contributed by atoms with Crippen molar-refractivity contribution in [2.45, 2.75) is 154 Å². The van der Waals surface area contributed by atoms with E-state index in [1.54, 1.807) is 16.7 Å². The van der Waals surface area contributed by atoms with Crippen LogP contribution in [0.2, 0.25) is 0 Å². The summed E-state index contributed by atoms with van der Waals surface area (Å²) in [6, 6.07) is 0.490. The Kier molecular flexibility index (Phi) is 60.9. The number of carbonyl (C=O) groups excluding carboxylic acids is 4. The molecular formula is C92H161N3O30. The Bertz CT molecular complexity index is 2840. The number of unbranched alkanes of at least 4 members (excludes halogenated alkanes) is 4. The van der Waals surface area contributed by atoms with Crippen molar-refractivity contribution >= 4 is 23.5 Å². The highest BCUT2D eigenvalue weighted by atomic mass is 16.6. The summed E-state index contributed by atoms with van der Waals surface area (Å²) in [5.74, 6) is 2.51. The van der Waals surface area contributed by atoms with Gasteiger partial charge in [0.15, 0.2) is 0 Å². The SMILES string of the molecule is CC1=C2C[C@@H]3[C@@H](CC=C4C[C@@H](O)CC[C@@]43C)[C@@H]2CC[C@]12O[C@@H]1C[C@H](C)CN(CCCCCCCC(=O)CCOCCOCCOCCOCCOCCOCCOCCOCCOCCOCCOCCOCCOCCOCCOCCOCCOCCOCCOCCOCCOCCOCCOCCOCCNC(=O)CCN3C(=O)C=CC3=O)C1[C@H]2C. The van der Waals surface area contributed by atoms with Crippen molar-refractivity contribution in [2.75, 3.05) is 343 Å². The zero-order valence-corrected chi connectivity index (χ0v) is 76.6. The topological polar surface area (TPSA) is 338 Å². The van der Waals surface area contributed by atoms with Gasteiger partial charge in [-0.25, -0.2) is 0 Å². The normalized spacial score (nSPS) is 23.0. The summed E-state index contributed by atoms with van der Waals surface area (Å²) >= 11 is 0. The smallest absolute Gasteiger partial charge is 0.253 e. The molecule has 0 radical (unpaired) electrons. The van der Waals surface area contributed by atoms with Crippen LogP contribution >= 0.6 is 0 Å². The van der Waals surface area contributed by atoms with E-state index in [9.17, 15) is 24.3 Å². The lowest BCUT2D eigenvalue weighted by molar-refractivity contribution is -0.137. The zero-order valence-electron chi connectivity index (χ0n) is 76.6. The van der Waals surface area contributed by atoms with Gasteiger partial charge in [-0.3, -0.25) is 29.0 Å². The monoisotopic (exact) mass is 1790 g/mol. The number of aliphatic hydroxyl groups is 1. The van der Waals surface area contributed by atoms with Gasteiger partial charge >= 0.3 is 0 Å². The first-order valence-corrected chi connectivity index (χ1v) is 47.1. The maximum absolute atomic E-state index is 12.6. The van der Waals surface area contributed by atoms with E-state index >= 15 is 0 Å². The molecule has 0 aromatic rings. The van der Waals surface area contributed by atoms with Gasteiger partial charge in [-0.1, -0.05) is 57.3 Å². The molecule has 10 atom stereocenters. The fourth-order valence-corrected chi connectivity index (χ4v) is 17.6. The summed E-state index contributed by atoms with van der Waals surface area (Å²) in [4.78, 5) is 51.4. The van der Waals surface area contributed by atoms with E-state index < -0.39 is 11.8 Å². The van der Waals surface area contributed by atoms with E-state index in [0.717, 1.165) is 49.5 Å². The summed E-state index contributed by atoms with van der Waals surface area (Å²) in [6.07, 6.45) is 20.8. The van der Waals surface area contributed by atoms with Crippen molar-refractivity contribution in [1.82, 2.24) is 15.1 Å². The molecule has 4 aliphatic carbocycles. The Morgan fingerprint density at radius 3 is 1.17 bits per heavy atom. The van der Waals surface area contributed by atoms with Gasteiger partial charge in [-0.05, 0) is 112 Å². The van der Waals surface area contributed by atoms with Gasteiger partial charge < -0.3 is 129 Å². The van der Waals surface area contributed by atoms with Gasteiger partial charge in [-0.2, -0.15) is 0 Å². The van der Waals surface area contributed by atoms with Gasteiger partial charge in [0.2, 0.25) is 5.91 Å². The summed E-state index contributed by atoms with van der Waals surface area (Å²) in [5.41, 5.74) is 5.02. The molecule has 1 spiro atoms. The first kappa shape index (κ1) is 108. The summed E-state index contributed by atoms with van der Waals surface area (Å²) < 4.78 is 141. The molecule has 724 valence electrons. The lowest BCUT2D eigenvalue weighted by atomic mass is 9.56. The van der Waals surface area contributed by atoms with Gasteiger partial charge in [0, 0.05) is 63.0 Å². The molecule has 0 bridgehead atoms. The van der Waals surface area contributed by atoms with E-state index in [-0.39, 0.29) is 41.8 Å². The molecule has 3 aliphatic heterocycles. The first-order chi connectivity index (χ1) is 61.4. The molecule has 0 aromatic carbocycles. The van der Waals surface area contributed by atoms with Crippen molar-refractivity contribution in [3.63, 3.8) is 0 Å². The second-order valence-corrected chi connectivity index (χ2v) is 33.0. The Labute approximate surface area is 745 Å². The van der Waals surface area contributed by atoms with Gasteiger partial charge in [0.1, 0.15) is 5.78 Å². The fraction of sp³-hybridized carbons (Fsp3) is 0.891. The predicted molar refractivity (Wildman–Crippen MR) is 464 cm³/mol. The Hall–Kier alpha value is -3.58. The minimum atomic E-state index is -0.403. The first-order valence-electron chi connectivity index (χ1n) is 47.1. The Morgan fingerprint density at radius 1 is 0.432 bits per heavy atom. The average molecular weight is 1790 g/mol. The molecule has 3 heterocycles. The number of hydrogen-bond donors (Lipinski definition) is 2. The summed E-state index contributed by atoms with van der Waals surface area (Å²) in [6.45, 7) is 34.8. The van der Waals surface area contributed by atoms with Crippen LogP contribution in [-0.2, 0) is 138 Å². The predicted octanol–water partition coefficient (Wildman–Crippen LogP) is 6.84. The highest BCUT2D eigenvalue weighted by molar-refractivity contribution is 6.13. The number of hydrogen-bond acceptors (Lipinski definition) is 31. The molecule has 33 nitrogen and oxygen atoms in total. The van der Waals surface area contributed by atoms with Crippen molar-refractivity contribution in [1.29, 1.82) is 0 Å². The molecule has 33 heteroatoms. The van der Waals surface area contributed by atoms with Crippen molar-refractivity contribution in [3.8, 4) is 0 Å². The number of piperidine rings is 1. The molecule has 3 amide bonds. The summed E-state index contributed by atoms with van der Waals surface area (Å²) in [7, 11) is 0. The number of fused-ring (bicyclic) bond motifs is 6. The molecule has 125 heavy (non-hydrogen) atoms. The second-order valence-electron chi connectivity index (χ2n) is 33.0. The number of nitrogens with zero attached hydrogens (tertiary/aromatic N) is 2. The molecule has 7 aliphatic rings. The van der Waals surface area contributed by atoms with Crippen LogP contribution in [-0.4, -0.2) is 406 Å². The van der Waals surface area contributed by atoms with E-state index in [4.69, 9.17) is 118 Å². The summed E-state index contributed by atoms with van der Waals surface area (Å²) in [5, 5.41) is 13.2. The number of aliphatic hydroxyl groups excluding tert-OH is 1. The van der Waals surface area contributed by atoms with Gasteiger partial charge in [0.25, 0.3) is 11.8 Å². The Balaban J connectivity index is 0.475. The highest BCUT2D eigenvalue weighted by Crippen LogP contribution is 2.65.